The number of benzene rings is 2. The molecule has 132 valence electrons. The second-order valence-corrected chi connectivity index (χ2v) is 6.22. The van der Waals surface area contributed by atoms with Gasteiger partial charge >= 0.3 is 11.6 Å². The van der Waals surface area contributed by atoms with Gasteiger partial charge in [-0.05, 0) is 31.0 Å². The van der Waals surface area contributed by atoms with Crippen LogP contribution in [-0.4, -0.2) is 18.7 Å². The summed E-state index contributed by atoms with van der Waals surface area (Å²) in [4.78, 5) is 25.1. The molecule has 2 atom stereocenters. The highest BCUT2D eigenvalue weighted by Crippen LogP contribution is 2.42. The molecule has 1 aromatic heterocycles. The summed E-state index contributed by atoms with van der Waals surface area (Å²) in [6, 6.07) is 16.9. The molecule has 2 heterocycles. The van der Waals surface area contributed by atoms with Crippen molar-refractivity contribution in [2.24, 2.45) is 0 Å². The molecule has 0 amide bonds. The highest BCUT2D eigenvalue weighted by Gasteiger charge is 2.44. The van der Waals surface area contributed by atoms with Crippen molar-refractivity contribution < 1.29 is 18.7 Å². The third kappa shape index (κ3) is 2.75. The minimum Gasteiger partial charge on any atom is -0.477 e. The van der Waals surface area contributed by atoms with Crippen LogP contribution in [0, 0.1) is 0 Å². The summed E-state index contributed by atoms with van der Waals surface area (Å²) >= 11 is 0. The van der Waals surface area contributed by atoms with Gasteiger partial charge in [-0.1, -0.05) is 42.5 Å². The Morgan fingerprint density at radius 1 is 1.08 bits per heavy atom. The lowest BCUT2D eigenvalue weighted by Gasteiger charge is -2.17. The van der Waals surface area contributed by atoms with Crippen LogP contribution in [0.3, 0.4) is 0 Å². The number of para-hydroxylation sites is 1. The van der Waals surface area contributed by atoms with Crippen LogP contribution in [0.25, 0.3) is 11.0 Å². The molecule has 0 N–H and O–H groups in total. The highest BCUT2D eigenvalue weighted by atomic mass is 16.6. The SMILES string of the molecule is CCOC(=O)[C@H]1Oc2c(c(=O)oc3ccccc23)[C@@H]1Cc1ccccc1. The van der Waals surface area contributed by atoms with Gasteiger partial charge in [-0.2, -0.15) is 0 Å². The summed E-state index contributed by atoms with van der Waals surface area (Å²) in [7, 11) is 0. The van der Waals surface area contributed by atoms with E-state index in [1.165, 1.54) is 0 Å². The van der Waals surface area contributed by atoms with Crippen molar-refractivity contribution in [3.05, 3.63) is 76.1 Å². The van der Waals surface area contributed by atoms with Gasteiger partial charge in [0.25, 0.3) is 0 Å². The first kappa shape index (κ1) is 16.4. The molecular weight excluding hydrogens is 332 g/mol. The Labute approximate surface area is 150 Å². The van der Waals surface area contributed by atoms with Crippen molar-refractivity contribution in [2.75, 3.05) is 6.61 Å². The molecule has 0 aliphatic carbocycles. The number of fused-ring (bicyclic) bond motifs is 3. The highest BCUT2D eigenvalue weighted by molar-refractivity contribution is 5.88. The monoisotopic (exact) mass is 350 g/mol. The summed E-state index contributed by atoms with van der Waals surface area (Å²) in [6.45, 7) is 2.00. The summed E-state index contributed by atoms with van der Waals surface area (Å²) in [6.07, 6.45) is -0.376. The fraction of sp³-hybridized carbons (Fsp3) is 0.238. The second kappa shape index (κ2) is 6.67. The number of ether oxygens (including phenoxy) is 2. The van der Waals surface area contributed by atoms with Gasteiger partial charge in [-0.15, -0.1) is 0 Å². The Morgan fingerprint density at radius 3 is 2.58 bits per heavy atom. The normalized spacial score (nSPS) is 18.3. The van der Waals surface area contributed by atoms with E-state index in [1.807, 2.05) is 42.5 Å². The molecule has 0 fully saturated rings. The maximum atomic E-state index is 12.7. The first-order valence-electron chi connectivity index (χ1n) is 8.62. The number of hydrogen-bond donors (Lipinski definition) is 0. The molecule has 1 aliphatic heterocycles. The molecule has 0 saturated carbocycles. The summed E-state index contributed by atoms with van der Waals surface area (Å²) < 4.78 is 16.6. The van der Waals surface area contributed by atoms with E-state index in [4.69, 9.17) is 13.9 Å². The largest absolute Gasteiger partial charge is 0.477 e. The molecule has 5 heteroatoms. The summed E-state index contributed by atoms with van der Waals surface area (Å²) in [5.74, 6) is -0.490. The number of hydrogen-bond acceptors (Lipinski definition) is 5. The van der Waals surface area contributed by atoms with E-state index in [0.29, 0.717) is 28.7 Å². The van der Waals surface area contributed by atoms with Gasteiger partial charge in [0.1, 0.15) is 11.3 Å². The lowest BCUT2D eigenvalue weighted by Crippen LogP contribution is -2.33. The number of esters is 1. The van der Waals surface area contributed by atoms with Crippen LogP contribution in [-0.2, 0) is 16.0 Å². The quantitative estimate of drug-likeness (QED) is 0.533. The van der Waals surface area contributed by atoms with Crippen LogP contribution in [0.4, 0.5) is 0 Å². The van der Waals surface area contributed by atoms with Crippen molar-refractivity contribution in [2.45, 2.75) is 25.4 Å². The van der Waals surface area contributed by atoms with Crippen LogP contribution in [0.15, 0.2) is 63.8 Å². The zero-order valence-corrected chi connectivity index (χ0v) is 14.3. The molecule has 2 aromatic carbocycles. The fourth-order valence-electron chi connectivity index (χ4n) is 3.46. The predicted octanol–water partition coefficient (Wildman–Crippen LogP) is 3.44. The summed E-state index contributed by atoms with van der Waals surface area (Å²) in [5, 5.41) is 0.687. The zero-order chi connectivity index (χ0) is 18.1. The molecule has 26 heavy (non-hydrogen) atoms. The maximum Gasteiger partial charge on any atom is 0.347 e. The summed E-state index contributed by atoms with van der Waals surface area (Å²) in [5.41, 5.74) is 1.40. The minimum atomic E-state index is -0.862. The van der Waals surface area contributed by atoms with Crippen molar-refractivity contribution in [3.8, 4) is 5.75 Å². The van der Waals surface area contributed by atoms with Crippen molar-refractivity contribution in [1.29, 1.82) is 0 Å². The van der Waals surface area contributed by atoms with Gasteiger partial charge in [0.2, 0.25) is 6.10 Å². The van der Waals surface area contributed by atoms with Gasteiger partial charge in [-0.25, -0.2) is 9.59 Å². The minimum absolute atomic E-state index is 0.252. The van der Waals surface area contributed by atoms with Crippen LogP contribution < -0.4 is 10.4 Å². The van der Waals surface area contributed by atoms with Gasteiger partial charge in [0.15, 0.2) is 0 Å². The Hall–Kier alpha value is -3.08. The number of carbonyl (C=O) groups is 1. The Kier molecular flexibility index (Phi) is 4.21. The lowest BCUT2D eigenvalue weighted by atomic mass is 9.89. The van der Waals surface area contributed by atoms with Gasteiger partial charge in [0.05, 0.1) is 17.6 Å². The first-order chi connectivity index (χ1) is 12.7. The molecule has 4 rings (SSSR count). The van der Waals surface area contributed by atoms with Gasteiger partial charge in [0, 0.05) is 5.92 Å². The maximum absolute atomic E-state index is 12.7. The Balaban J connectivity index is 1.85. The van der Waals surface area contributed by atoms with Crippen molar-refractivity contribution in [1.82, 2.24) is 0 Å². The van der Waals surface area contributed by atoms with Crippen molar-refractivity contribution in [3.63, 3.8) is 0 Å². The first-order valence-corrected chi connectivity index (χ1v) is 8.62. The Bertz CT molecular complexity index is 1010. The van der Waals surface area contributed by atoms with E-state index in [1.54, 1.807) is 19.1 Å². The molecule has 0 saturated heterocycles. The molecule has 5 nitrogen and oxygen atoms in total. The van der Waals surface area contributed by atoms with Crippen LogP contribution >= 0.6 is 0 Å². The van der Waals surface area contributed by atoms with Crippen LogP contribution in [0.2, 0.25) is 0 Å². The van der Waals surface area contributed by atoms with Crippen LogP contribution in [0.1, 0.15) is 24.0 Å². The van der Waals surface area contributed by atoms with Crippen molar-refractivity contribution >= 4 is 16.9 Å². The topological polar surface area (TPSA) is 65.7 Å². The van der Waals surface area contributed by atoms with E-state index in [0.717, 1.165) is 5.56 Å². The average Bonchev–Trinajstić information content (AvgIpc) is 3.03. The van der Waals surface area contributed by atoms with Crippen LogP contribution in [0.5, 0.6) is 5.75 Å². The Morgan fingerprint density at radius 2 is 1.81 bits per heavy atom. The van der Waals surface area contributed by atoms with Gasteiger partial charge < -0.3 is 13.9 Å². The van der Waals surface area contributed by atoms with E-state index in [2.05, 4.69) is 0 Å². The standard InChI is InChI=1S/C21H18O5/c1-2-24-21(23)19-15(12-13-8-4-3-5-9-13)17-18(26-19)14-10-6-7-11-16(14)25-20(17)22/h3-11,15,19H,2,12H2,1H3/t15-,19-/m0/s1. The lowest BCUT2D eigenvalue weighted by molar-refractivity contribution is -0.151. The van der Waals surface area contributed by atoms with E-state index in [9.17, 15) is 9.59 Å². The fourth-order valence-corrected chi connectivity index (χ4v) is 3.46. The molecule has 0 bridgehead atoms. The third-order valence-electron chi connectivity index (χ3n) is 4.60. The molecule has 0 unspecified atom stereocenters. The van der Waals surface area contributed by atoms with E-state index in [-0.39, 0.29) is 6.61 Å². The molecule has 0 radical (unpaired) electrons. The van der Waals surface area contributed by atoms with Gasteiger partial charge in [-0.3, -0.25) is 0 Å². The molecule has 3 aromatic rings. The van der Waals surface area contributed by atoms with E-state index < -0.39 is 23.6 Å². The number of rotatable bonds is 4. The molecule has 1 aliphatic rings. The second-order valence-electron chi connectivity index (χ2n) is 6.22. The smallest absolute Gasteiger partial charge is 0.347 e. The molecular formula is C21H18O5. The zero-order valence-electron chi connectivity index (χ0n) is 14.3. The average molecular weight is 350 g/mol. The third-order valence-corrected chi connectivity index (χ3v) is 4.60. The predicted molar refractivity (Wildman–Crippen MR) is 96.4 cm³/mol. The van der Waals surface area contributed by atoms with E-state index >= 15 is 0 Å². The number of carbonyl (C=O) groups excluding carboxylic acids is 1. The molecule has 0 spiro atoms.